The van der Waals surface area contributed by atoms with Crippen molar-refractivity contribution in [2.75, 3.05) is 47.5 Å². The second-order valence-corrected chi connectivity index (χ2v) is 24.5. The van der Waals surface area contributed by atoms with Crippen LogP contribution in [-0.4, -0.2) is 70.0 Å². The number of phosphoric acid groups is 1. The highest BCUT2D eigenvalue weighted by Crippen LogP contribution is 2.38. The fourth-order valence-electron chi connectivity index (χ4n) is 9.21. The molecule has 0 aliphatic rings. The third kappa shape index (κ3) is 62.6. The van der Waals surface area contributed by atoms with E-state index in [1.54, 1.807) is 0 Å². The molecular weight excluding hydrogens is 990 g/mol. The quantitative estimate of drug-likeness (QED) is 0.0195. The topological polar surface area (TPSA) is 111 Å². The maximum Gasteiger partial charge on any atom is 0.306 e. The molecule has 0 aromatic rings. The van der Waals surface area contributed by atoms with E-state index in [4.69, 9.17) is 18.5 Å². The van der Waals surface area contributed by atoms with Gasteiger partial charge in [-0.15, -0.1) is 0 Å². The minimum absolute atomic E-state index is 0.0334. The molecule has 0 radical (unpaired) electrons. The number of unbranched alkanes of at least 4 members (excludes halogenated alkanes) is 34. The first-order chi connectivity index (χ1) is 38.0. The molecule has 78 heavy (non-hydrogen) atoms. The fraction of sp³-hybridized carbons (Fsp3) is 0.794. The standard InChI is InChI=1S/C68H124NO8P/c1-6-8-10-12-14-16-18-20-22-24-25-26-27-28-29-30-31-32-33-34-35-36-37-38-39-40-41-42-43-45-47-49-51-53-55-57-59-61-68(71)77-66(65-76-78(72,73)75-63-62-69(3,4)5)64-74-67(70)60-58-56-54-52-50-48-46-44-23-21-19-17-15-13-11-9-7-2/h9,11,15,17-18,20-21,23-25,27-28,66H,6-8,10,12-14,16,19,22,26,29-65H2,1-5H3/b11-9-,17-15-,20-18-,23-21-,25-24-,28-27-. The lowest BCUT2D eigenvalue weighted by atomic mass is 10.0. The first kappa shape index (κ1) is 75.5. The van der Waals surface area contributed by atoms with Gasteiger partial charge in [0.15, 0.2) is 6.10 Å². The summed E-state index contributed by atoms with van der Waals surface area (Å²) in [5, 5.41) is 0. The summed E-state index contributed by atoms with van der Waals surface area (Å²) < 4.78 is 34.2. The Morgan fingerprint density at radius 1 is 0.410 bits per heavy atom. The van der Waals surface area contributed by atoms with Crippen molar-refractivity contribution in [3.8, 4) is 0 Å². The van der Waals surface area contributed by atoms with Gasteiger partial charge >= 0.3 is 11.9 Å². The second kappa shape index (κ2) is 59.1. The highest BCUT2D eigenvalue weighted by molar-refractivity contribution is 7.45. The summed E-state index contributed by atoms with van der Waals surface area (Å²) in [5.74, 6) is -0.836. The summed E-state index contributed by atoms with van der Waals surface area (Å²) in [6.45, 7) is 4.13. The van der Waals surface area contributed by atoms with Gasteiger partial charge in [0.25, 0.3) is 7.82 Å². The molecule has 0 saturated heterocycles. The molecule has 0 fully saturated rings. The fourth-order valence-corrected chi connectivity index (χ4v) is 9.94. The van der Waals surface area contributed by atoms with Gasteiger partial charge in [-0.2, -0.15) is 0 Å². The van der Waals surface area contributed by atoms with Gasteiger partial charge in [0.05, 0.1) is 27.7 Å². The molecule has 10 heteroatoms. The van der Waals surface area contributed by atoms with Crippen LogP contribution in [0.15, 0.2) is 72.9 Å². The molecule has 2 atom stereocenters. The van der Waals surface area contributed by atoms with E-state index in [0.29, 0.717) is 17.4 Å². The highest BCUT2D eigenvalue weighted by atomic mass is 31.2. The van der Waals surface area contributed by atoms with Crippen LogP contribution >= 0.6 is 7.82 Å². The van der Waals surface area contributed by atoms with Crippen molar-refractivity contribution in [1.29, 1.82) is 0 Å². The number of quaternary nitrogens is 1. The summed E-state index contributed by atoms with van der Waals surface area (Å²) >= 11 is 0. The van der Waals surface area contributed by atoms with Crippen LogP contribution in [0.4, 0.5) is 0 Å². The number of ether oxygens (including phenoxy) is 2. The first-order valence-corrected chi connectivity index (χ1v) is 34.1. The van der Waals surface area contributed by atoms with Gasteiger partial charge in [0.2, 0.25) is 0 Å². The lowest BCUT2D eigenvalue weighted by Gasteiger charge is -2.28. The molecule has 0 bridgehead atoms. The number of esters is 2. The smallest absolute Gasteiger partial charge is 0.306 e. The van der Waals surface area contributed by atoms with Gasteiger partial charge in [-0.3, -0.25) is 14.2 Å². The maximum atomic E-state index is 12.8. The Balaban J connectivity index is 3.97. The summed E-state index contributed by atoms with van der Waals surface area (Å²) in [7, 11) is 1.16. The number of allylic oxidation sites excluding steroid dienone is 12. The maximum absolute atomic E-state index is 12.8. The molecule has 454 valence electrons. The molecule has 0 rings (SSSR count). The Bertz CT molecular complexity index is 1550. The van der Waals surface area contributed by atoms with Crippen LogP contribution < -0.4 is 4.89 Å². The summed E-state index contributed by atoms with van der Waals surface area (Å²) in [4.78, 5) is 37.9. The van der Waals surface area contributed by atoms with Crippen LogP contribution in [0.5, 0.6) is 0 Å². The molecule has 2 unspecified atom stereocenters. The molecule has 0 aromatic carbocycles. The Morgan fingerprint density at radius 2 is 0.731 bits per heavy atom. The minimum atomic E-state index is -4.64. The largest absolute Gasteiger partial charge is 0.756 e. The third-order valence-electron chi connectivity index (χ3n) is 14.2. The van der Waals surface area contributed by atoms with Crippen LogP contribution in [0.2, 0.25) is 0 Å². The summed E-state index contributed by atoms with van der Waals surface area (Å²) in [6.07, 6.45) is 78.4. The van der Waals surface area contributed by atoms with Crippen molar-refractivity contribution in [2.24, 2.45) is 0 Å². The Morgan fingerprint density at radius 3 is 1.09 bits per heavy atom. The Labute approximate surface area is 482 Å². The molecule has 0 N–H and O–H groups in total. The Hall–Kier alpha value is -2.55. The van der Waals surface area contributed by atoms with Crippen molar-refractivity contribution in [3.63, 3.8) is 0 Å². The van der Waals surface area contributed by atoms with E-state index >= 15 is 0 Å². The molecule has 0 heterocycles. The predicted octanol–water partition coefficient (Wildman–Crippen LogP) is 20.2. The molecule has 0 spiro atoms. The number of nitrogens with zero attached hydrogens (tertiary/aromatic N) is 1. The van der Waals surface area contributed by atoms with E-state index in [0.717, 1.165) is 83.5 Å². The normalized spacial score (nSPS) is 13.7. The SMILES string of the molecule is CC/C=C\C/C=C\C/C=C\CCCCCCCCCC(=O)OCC(COP(=O)([O-])OCC[N+](C)(C)C)OC(=O)CCCCCCCCCCCCCCCCCCCCCCCC/C=C\C/C=C\C/C=C\CCCCCCC. The molecule has 0 aliphatic heterocycles. The second-order valence-electron chi connectivity index (χ2n) is 23.1. The van der Waals surface area contributed by atoms with Crippen LogP contribution in [0, 0.1) is 0 Å². The monoisotopic (exact) mass is 1110 g/mol. The zero-order valence-electron chi connectivity index (χ0n) is 51.6. The van der Waals surface area contributed by atoms with Gasteiger partial charge in [-0.1, -0.05) is 273 Å². The summed E-state index contributed by atoms with van der Waals surface area (Å²) in [5.41, 5.74) is 0. The average molecular weight is 1110 g/mol. The lowest BCUT2D eigenvalue weighted by molar-refractivity contribution is -0.870. The molecule has 9 nitrogen and oxygen atoms in total. The molecular formula is C68H124NO8P. The van der Waals surface area contributed by atoms with Crippen LogP contribution in [-0.2, 0) is 32.7 Å². The van der Waals surface area contributed by atoms with Gasteiger partial charge < -0.3 is 27.9 Å². The van der Waals surface area contributed by atoms with Crippen LogP contribution in [0.1, 0.15) is 296 Å². The predicted molar refractivity (Wildman–Crippen MR) is 333 cm³/mol. The number of rotatable bonds is 60. The van der Waals surface area contributed by atoms with Crippen LogP contribution in [0.25, 0.3) is 0 Å². The van der Waals surface area contributed by atoms with Crippen molar-refractivity contribution < 1.29 is 42.1 Å². The number of carbonyl (C=O) groups is 2. The number of hydrogen-bond acceptors (Lipinski definition) is 8. The number of hydrogen-bond donors (Lipinski definition) is 0. The minimum Gasteiger partial charge on any atom is -0.756 e. The summed E-state index contributed by atoms with van der Waals surface area (Å²) in [6, 6.07) is 0. The number of phosphoric ester groups is 1. The highest BCUT2D eigenvalue weighted by Gasteiger charge is 2.22. The van der Waals surface area contributed by atoms with Gasteiger partial charge in [-0.05, 0) is 83.5 Å². The molecule has 0 aliphatic carbocycles. The van der Waals surface area contributed by atoms with Gasteiger partial charge in [-0.25, -0.2) is 0 Å². The van der Waals surface area contributed by atoms with Crippen molar-refractivity contribution >= 4 is 19.8 Å². The van der Waals surface area contributed by atoms with Crippen molar-refractivity contribution in [1.82, 2.24) is 0 Å². The van der Waals surface area contributed by atoms with Gasteiger partial charge in [0.1, 0.15) is 19.8 Å². The van der Waals surface area contributed by atoms with E-state index in [1.165, 1.54) is 180 Å². The van der Waals surface area contributed by atoms with Crippen molar-refractivity contribution in [3.05, 3.63) is 72.9 Å². The Kier molecular flexibility index (Phi) is 57.2. The van der Waals surface area contributed by atoms with E-state index in [-0.39, 0.29) is 26.1 Å². The van der Waals surface area contributed by atoms with Crippen molar-refractivity contribution in [2.45, 2.75) is 302 Å². The van der Waals surface area contributed by atoms with Gasteiger partial charge in [0, 0.05) is 12.8 Å². The molecule has 0 aromatic heterocycles. The zero-order valence-corrected chi connectivity index (χ0v) is 52.5. The lowest BCUT2D eigenvalue weighted by Crippen LogP contribution is -2.37. The number of carbonyl (C=O) groups excluding carboxylic acids is 2. The van der Waals surface area contributed by atoms with E-state index in [9.17, 15) is 19.0 Å². The zero-order chi connectivity index (χ0) is 57.0. The third-order valence-corrected chi connectivity index (χ3v) is 15.2. The van der Waals surface area contributed by atoms with E-state index < -0.39 is 32.5 Å². The first-order valence-electron chi connectivity index (χ1n) is 32.6. The van der Waals surface area contributed by atoms with Crippen LogP contribution in [0.3, 0.4) is 0 Å². The number of likely N-dealkylation sites (N-methyl/N-ethyl adjacent to an activating group) is 1. The van der Waals surface area contributed by atoms with E-state index in [2.05, 4.69) is 86.8 Å². The molecule has 0 saturated carbocycles. The average Bonchev–Trinajstić information content (AvgIpc) is 3.41. The molecule has 0 amide bonds. The van der Waals surface area contributed by atoms with E-state index in [1.807, 2.05) is 21.1 Å².